The molecule has 5 nitrogen and oxygen atoms in total. The Labute approximate surface area is 148 Å². The molecule has 0 aliphatic carbocycles. The van der Waals surface area contributed by atoms with Gasteiger partial charge in [0.2, 0.25) is 15.9 Å². The van der Waals surface area contributed by atoms with Gasteiger partial charge in [0.1, 0.15) is 11.8 Å². The van der Waals surface area contributed by atoms with Crippen LogP contribution < -0.4 is 4.74 Å². The maximum absolute atomic E-state index is 12.6. The Hall–Kier alpha value is -2.39. The van der Waals surface area contributed by atoms with Gasteiger partial charge >= 0.3 is 6.18 Å². The number of pyridine rings is 1. The molecular weight excluding hydrogens is 369 g/mol. The molecular formula is C17H15F3N2O3S. The van der Waals surface area contributed by atoms with Gasteiger partial charge in [-0.15, -0.1) is 0 Å². The van der Waals surface area contributed by atoms with E-state index in [1.54, 1.807) is 24.3 Å². The van der Waals surface area contributed by atoms with E-state index in [0.29, 0.717) is 0 Å². The van der Waals surface area contributed by atoms with Gasteiger partial charge < -0.3 is 4.74 Å². The summed E-state index contributed by atoms with van der Waals surface area (Å²) in [4.78, 5) is 3.40. The highest BCUT2D eigenvalue weighted by Crippen LogP contribution is 2.29. The van der Waals surface area contributed by atoms with E-state index in [2.05, 4.69) is 4.98 Å². The Morgan fingerprint density at radius 2 is 1.77 bits per heavy atom. The smallest absolute Gasteiger partial charge is 0.433 e. The zero-order valence-corrected chi connectivity index (χ0v) is 14.2. The topological polar surface area (TPSA) is 59.5 Å². The molecule has 0 atom stereocenters. The number of ether oxygens (including phenoxy) is 1. The van der Waals surface area contributed by atoms with Crippen molar-refractivity contribution in [3.05, 3.63) is 65.2 Å². The van der Waals surface area contributed by atoms with Gasteiger partial charge in [-0.2, -0.15) is 17.5 Å². The molecule has 0 spiro atoms. The van der Waals surface area contributed by atoms with Crippen LogP contribution in [0.2, 0.25) is 0 Å². The first-order chi connectivity index (χ1) is 12.2. The molecule has 1 fully saturated rings. The quantitative estimate of drug-likeness (QED) is 0.795. The number of alkyl halides is 3. The standard InChI is InChI=1S/C17H15F3N2O3S/c18-17(19,20)15-7-4-8-16(21-15)25-14-11-22(12-14)26(23,24)10-9-13-5-2-1-3-6-13/h1-10,14H,11-12H2/b10-9+. The van der Waals surface area contributed by atoms with Crippen LogP contribution in [0, 0.1) is 0 Å². The third-order valence-electron chi connectivity index (χ3n) is 3.71. The molecule has 2 aromatic rings. The molecule has 1 aliphatic heterocycles. The summed E-state index contributed by atoms with van der Waals surface area (Å²) >= 11 is 0. The summed E-state index contributed by atoms with van der Waals surface area (Å²) in [5.41, 5.74) is -0.304. The zero-order valence-electron chi connectivity index (χ0n) is 13.4. The summed E-state index contributed by atoms with van der Waals surface area (Å²) < 4.78 is 68.8. The molecule has 1 aliphatic rings. The molecule has 3 rings (SSSR count). The molecule has 1 aromatic carbocycles. The summed E-state index contributed by atoms with van der Waals surface area (Å²) in [7, 11) is -3.61. The lowest BCUT2D eigenvalue weighted by molar-refractivity contribution is -0.141. The molecule has 1 saturated heterocycles. The lowest BCUT2D eigenvalue weighted by Crippen LogP contribution is -2.55. The summed E-state index contributed by atoms with van der Waals surface area (Å²) in [5, 5.41) is 1.10. The number of benzene rings is 1. The Morgan fingerprint density at radius 1 is 1.08 bits per heavy atom. The second kappa shape index (κ2) is 7.08. The van der Waals surface area contributed by atoms with Crippen LogP contribution in [0.3, 0.4) is 0 Å². The zero-order chi connectivity index (χ0) is 18.8. The second-order valence-corrected chi connectivity index (χ2v) is 7.49. The fourth-order valence-corrected chi connectivity index (χ4v) is 3.56. The number of rotatable bonds is 5. The van der Waals surface area contributed by atoms with Crippen LogP contribution in [-0.4, -0.2) is 36.9 Å². The number of hydrogen-bond donors (Lipinski definition) is 0. The van der Waals surface area contributed by atoms with Crippen LogP contribution in [0.5, 0.6) is 5.88 Å². The van der Waals surface area contributed by atoms with E-state index < -0.39 is 28.0 Å². The lowest BCUT2D eigenvalue weighted by Gasteiger charge is -2.36. The maximum Gasteiger partial charge on any atom is 0.433 e. The molecule has 138 valence electrons. The number of aromatic nitrogens is 1. The molecule has 0 bridgehead atoms. The highest BCUT2D eigenvalue weighted by molar-refractivity contribution is 7.92. The van der Waals surface area contributed by atoms with Crippen molar-refractivity contribution >= 4 is 16.1 Å². The first-order valence-corrected chi connectivity index (χ1v) is 9.18. The summed E-state index contributed by atoms with van der Waals surface area (Å²) in [6.45, 7) is 0.110. The van der Waals surface area contributed by atoms with Crippen molar-refractivity contribution in [1.82, 2.24) is 9.29 Å². The molecule has 0 saturated carbocycles. The number of nitrogens with zero attached hydrogens (tertiary/aromatic N) is 2. The SMILES string of the molecule is O=S(=O)(/C=C/c1ccccc1)N1CC(Oc2cccc(C(F)(F)F)n2)C1. The van der Waals surface area contributed by atoms with Crippen LogP contribution >= 0.6 is 0 Å². The highest BCUT2D eigenvalue weighted by atomic mass is 32.2. The third kappa shape index (κ3) is 4.41. The molecule has 0 N–H and O–H groups in total. The van der Waals surface area contributed by atoms with Crippen molar-refractivity contribution < 1.29 is 26.3 Å². The van der Waals surface area contributed by atoms with E-state index in [9.17, 15) is 21.6 Å². The molecule has 1 aromatic heterocycles. The normalized spacial score (nSPS) is 16.6. The lowest BCUT2D eigenvalue weighted by atomic mass is 10.2. The third-order valence-corrected chi connectivity index (χ3v) is 5.21. The maximum atomic E-state index is 12.6. The van der Waals surface area contributed by atoms with Crippen molar-refractivity contribution in [2.24, 2.45) is 0 Å². The average molecular weight is 384 g/mol. The molecule has 2 heterocycles. The predicted octanol–water partition coefficient (Wildman–Crippen LogP) is 3.16. The second-order valence-electron chi connectivity index (χ2n) is 5.67. The van der Waals surface area contributed by atoms with Crippen molar-refractivity contribution in [3.8, 4) is 5.88 Å². The van der Waals surface area contributed by atoms with Crippen molar-refractivity contribution in [1.29, 1.82) is 0 Å². The predicted molar refractivity (Wildman–Crippen MR) is 89.6 cm³/mol. The van der Waals surface area contributed by atoms with E-state index in [0.717, 1.165) is 17.0 Å². The monoisotopic (exact) mass is 384 g/mol. The van der Waals surface area contributed by atoms with Gasteiger partial charge in [0.25, 0.3) is 0 Å². The van der Waals surface area contributed by atoms with Crippen LogP contribution in [-0.2, 0) is 16.2 Å². The Bertz CT molecular complexity index is 893. The van der Waals surface area contributed by atoms with Crippen LogP contribution in [0.4, 0.5) is 13.2 Å². The Kier molecular flexibility index (Phi) is 5.01. The Morgan fingerprint density at radius 3 is 2.42 bits per heavy atom. The summed E-state index contributed by atoms with van der Waals surface area (Å²) in [6, 6.07) is 12.3. The van der Waals surface area contributed by atoms with Crippen LogP contribution in [0.25, 0.3) is 6.08 Å². The van der Waals surface area contributed by atoms with Crippen LogP contribution in [0.1, 0.15) is 11.3 Å². The number of hydrogen-bond acceptors (Lipinski definition) is 4. The van der Waals surface area contributed by atoms with Gasteiger partial charge in [0.05, 0.1) is 13.1 Å². The van der Waals surface area contributed by atoms with Gasteiger partial charge in [-0.25, -0.2) is 13.4 Å². The molecule has 26 heavy (non-hydrogen) atoms. The van der Waals surface area contributed by atoms with E-state index >= 15 is 0 Å². The minimum atomic E-state index is -4.56. The molecule has 9 heteroatoms. The molecule has 0 amide bonds. The summed E-state index contributed by atoms with van der Waals surface area (Å²) in [6.07, 6.45) is -3.61. The summed E-state index contributed by atoms with van der Waals surface area (Å²) in [5.74, 6) is -0.179. The fourth-order valence-electron chi connectivity index (χ4n) is 2.31. The van der Waals surface area contributed by atoms with E-state index in [1.807, 2.05) is 6.07 Å². The van der Waals surface area contributed by atoms with Crippen molar-refractivity contribution in [2.45, 2.75) is 12.3 Å². The first kappa shape index (κ1) is 18.4. The van der Waals surface area contributed by atoms with E-state index in [1.165, 1.54) is 22.5 Å². The molecule has 0 unspecified atom stereocenters. The largest absolute Gasteiger partial charge is 0.472 e. The fraction of sp³-hybridized carbons (Fsp3) is 0.235. The van der Waals surface area contributed by atoms with Gasteiger partial charge in [-0.05, 0) is 17.7 Å². The minimum Gasteiger partial charge on any atom is -0.472 e. The van der Waals surface area contributed by atoms with Gasteiger partial charge in [-0.3, -0.25) is 0 Å². The first-order valence-electron chi connectivity index (χ1n) is 7.68. The van der Waals surface area contributed by atoms with Gasteiger partial charge in [0, 0.05) is 11.5 Å². The Balaban J connectivity index is 1.58. The van der Waals surface area contributed by atoms with Gasteiger partial charge in [-0.1, -0.05) is 36.4 Å². The van der Waals surface area contributed by atoms with Crippen molar-refractivity contribution in [2.75, 3.05) is 13.1 Å². The molecule has 0 radical (unpaired) electrons. The highest BCUT2D eigenvalue weighted by Gasteiger charge is 2.37. The van der Waals surface area contributed by atoms with Crippen LogP contribution in [0.15, 0.2) is 53.9 Å². The van der Waals surface area contributed by atoms with Gasteiger partial charge in [0.15, 0.2) is 0 Å². The minimum absolute atomic E-state index is 0.0549. The number of sulfonamides is 1. The van der Waals surface area contributed by atoms with Crippen molar-refractivity contribution in [3.63, 3.8) is 0 Å². The van der Waals surface area contributed by atoms with E-state index in [-0.39, 0.29) is 19.0 Å². The average Bonchev–Trinajstić information content (AvgIpc) is 2.56. The van der Waals surface area contributed by atoms with E-state index in [4.69, 9.17) is 4.74 Å². The number of halogens is 3.